The maximum absolute atomic E-state index is 12.1. The zero-order valence-corrected chi connectivity index (χ0v) is 13.7. The number of ether oxygens (including phenoxy) is 1. The van der Waals surface area contributed by atoms with Crippen LogP contribution in [0.1, 0.15) is 32.6 Å². The number of carbonyl (C=O) groups excluding carboxylic acids is 1. The topological polar surface area (TPSA) is 38.3 Å². The van der Waals surface area contributed by atoms with E-state index in [0.717, 1.165) is 25.7 Å². The Hall–Kier alpha value is -0.930. The highest BCUT2D eigenvalue weighted by atomic mass is 35.5. The van der Waals surface area contributed by atoms with Gasteiger partial charge in [-0.3, -0.25) is 4.79 Å². The minimum absolute atomic E-state index is 0.105. The van der Waals surface area contributed by atoms with Crippen LogP contribution in [0, 0.1) is 5.92 Å². The number of benzene rings is 1. The first kappa shape index (κ1) is 16.4. The van der Waals surface area contributed by atoms with Gasteiger partial charge in [0.15, 0.2) is 6.10 Å². The molecule has 1 aromatic rings. The molecular formula is C16H21Cl2NO2. The summed E-state index contributed by atoms with van der Waals surface area (Å²) >= 11 is 12.1. The lowest BCUT2D eigenvalue weighted by atomic mass is 9.89. The van der Waals surface area contributed by atoms with Crippen LogP contribution in [0.4, 0.5) is 0 Å². The van der Waals surface area contributed by atoms with Crippen molar-refractivity contribution in [1.82, 2.24) is 5.32 Å². The Labute approximate surface area is 136 Å². The lowest BCUT2D eigenvalue weighted by Gasteiger charge is -2.26. The average molecular weight is 330 g/mol. The molecule has 1 amide bonds. The molecule has 116 valence electrons. The van der Waals surface area contributed by atoms with E-state index in [9.17, 15) is 4.79 Å². The molecule has 0 radical (unpaired) electrons. The van der Waals surface area contributed by atoms with Gasteiger partial charge in [-0.25, -0.2) is 0 Å². The third-order valence-electron chi connectivity index (χ3n) is 3.76. The molecule has 0 aromatic heterocycles. The molecule has 0 aliphatic heterocycles. The van der Waals surface area contributed by atoms with Crippen LogP contribution in [-0.4, -0.2) is 23.9 Å². The quantitative estimate of drug-likeness (QED) is 0.828. The van der Waals surface area contributed by atoms with Crippen LogP contribution < -0.4 is 10.1 Å². The van der Waals surface area contributed by atoms with E-state index in [2.05, 4.69) is 5.32 Å². The van der Waals surface area contributed by atoms with Crippen molar-refractivity contribution in [2.45, 2.75) is 44.1 Å². The Morgan fingerprint density at radius 3 is 3.00 bits per heavy atom. The second kappa shape index (κ2) is 7.90. The number of halogens is 2. The van der Waals surface area contributed by atoms with Crippen molar-refractivity contribution >= 4 is 29.1 Å². The van der Waals surface area contributed by atoms with Gasteiger partial charge in [-0.15, -0.1) is 11.6 Å². The molecular weight excluding hydrogens is 309 g/mol. The molecule has 2 rings (SSSR count). The number of alkyl halides is 1. The second-order valence-corrected chi connectivity index (χ2v) is 6.65. The Bertz CT molecular complexity index is 481. The average Bonchev–Trinajstić information content (AvgIpc) is 2.45. The molecule has 21 heavy (non-hydrogen) atoms. The smallest absolute Gasteiger partial charge is 0.260 e. The van der Waals surface area contributed by atoms with E-state index >= 15 is 0 Å². The molecule has 0 bridgehead atoms. The number of nitrogens with one attached hydrogen (secondary N) is 1. The fraction of sp³-hybridized carbons (Fsp3) is 0.562. The molecule has 1 aliphatic carbocycles. The van der Waals surface area contributed by atoms with Crippen molar-refractivity contribution in [1.29, 1.82) is 0 Å². The molecule has 1 saturated carbocycles. The molecule has 1 aromatic carbocycles. The van der Waals surface area contributed by atoms with Crippen LogP contribution in [0.5, 0.6) is 5.75 Å². The molecule has 5 heteroatoms. The Morgan fingerprint density at radius 1 is 1.48 bits per heavy atom. The van der Waals surface area contributed by atoms with Crippen molar-refractivity contribution in [3.63, 3.8) is 0 Å². The largest absolute Gasteiger partial charge is 0.481 e. The first-order chi connectivity index (χ1) is 10.0. The first-order valence-corrected chi connectivity index (χ1v) is 8.20. The van der Waals surface area contributed by atoms with Crippen LogP contribution in [0.3, 0.4) is 0 Å². The minimum Gasteiger partial charge on any atom is -0.481 e. The van der Waals surface area contributed by atoms with E-state index in [0.29, 0.717) is 23.2 Å². The lowest BCUT2D eigenvalue weighted by molar-refractivity contribution is -0.127. The third kappa shape index (κ3) is 5.40. The highest BCUT2D eigenvalue weighted by Crippen LogP contribution is 2.27. The first-order valence-electron chi connectivity index (χ1n) is 7.38. The summed E-state index contributed by atoms with van der Waals surface area (Å²) in [6.07, 6.45) is 3.79. The maximum atomic E-state index is 12.1. The second-order valence-electron chi connectivity index (χ2n) is 5.59. The van der Waals surface area contributed by atoms with Crippen LogP contribution in [0.2, 0.25) is 5.02 Å². The van der Waals surface area contributed by atoms with Gasteiger partial charge in [-0.2, -0.15) is 0 Å². The maximum Gasteiger partial charge on any atom is 0.260 e. The minimum atomic E-state index is -0.543. The van der Waals surface area contributed by atoms with E-state index in [-0.39, 0.29) is 11.3 Å². The summed E-state index contributed by atoms with van der Waals surface area (Å²) < 4.78 is 5.60. The molecule has 3 unspecified atom stereocenters. The normalized spacial score (nSPS) is 23.4. The number of rotatable bonds is 5. The summed E-state index contributed by atoms with van der Waals surface area (Å²) in [7, 11) is 0. The molecule has 0 heterocycles. The molecule has 1 N–H and O–H groups in total. The van der Waals surface area contributed by atoms with Gasteiger partial charge >= 0.3 is 0 Å². The van der Waals surface area contributed by atoms with Crippen LogP contribution in [0.15, 0.2) is 24.3 Å². The monoisotopic (exact) mass is 329 g/mol. The number of hydrogen-bond acceptors (Lipinski definition) is 2. The summed E-state index contributed by atoms with van der Waals surface area (Å²) in [5, 5.41) is 3.80. The lowest BCUT2D eigenvalue weighted by Crippen LogP contribution is -2.39. The number of hydrogen-bond donors (Lipinski definition) is 1. The third-order valence-corrected chi connectivity index (χ3v) is 4.39. The Balaban J connectivity index is 1.77. The molecule has 0 saturated heterocycles. The van der Waals surface area contributed by atoms with Gasteiger partial charge in [0, 0.05) is 16.9 Å². The van der Waals surface area contributed by atoms with Gasteiger partial charge in [0.1, 0.15) is 5.75 Å². The zero-order valence-electron chi connectivity index (χ0n) is 12.1. The van der Waals surface area contributed by atoms with Gasteiger partial charge in [0.25, 0.3) is 5.91 Å². The van der Waals surface area contributed by atoms with Gasteiger partial charge in [0.2, 0.25) is 0 Å². The van der Waals surface area contributed by atoms with Crippen LogP contribution >= 0.6 is 23.2 Å². The van der Waals surface area contributed by atoms with Crippen molar-refractivity contribution < 1.29 is 9.53 Å². The highest BCUT2D eigenvalue weighted by Gasteiger charge is 2.22. The fourth-order valence-corrected chi connectivity index (χ4v) is 3.18. The summed E-state index contributed by atoms with van der Waals surface area (Å²) in [6.45, 7) is 2.41. The fourth-order valence-electron chi connectivity index (χ4n) is 2.60. The van der Waals surface area contributed by atoms with Crippen molar-refractivity contribution in [2.24, 2.45) is 5.92 Å². The van der Waals surface area contributed by atoms with E-state index in [1.165, 1.54) is 0 Å². The van der Waals surface area contributed by atoms with Crippen molar-refractivity contribution in [3.8, 4) is 5.75 Å². The van der Waals surface area contributed by atoms with Gasteiger partial charge in [0.05, 0.1) is 0 Å². The van der Waals surface area contributed by atoms with E-state index in [1.54, 1.807) is 31.2 Å². The summed E-state index contributed by atoms with van der Waals surface area (Å²) in [5.74, 6) is 0.971. The number of amides is 1. The van der Waals surface area contributed by atoms with Gasteiger partial charge in [-0.05, 0) is 50.3 Å². The molecule has 1 aliphatic rings. The van der Waals surface area contributed by atoms with Gasteiger partial charge < -0.3 is 10.1 Å². The highest BCUT2D eigenvalue weighted by molar-refractivity contribution is 6.30. The molecule has 0 spiro atoms. The summed E-state index contributed by atoms with van der Waals surface area (Å²) in [5.41, 5.74) is 0. The van der Waals surface area contributed by atoms with Crippen molar-refractivity contribution in [2.75, 3.05) is 6.54 Å². The SMILES string of the molecule is CC(Oc1cccc(Cl)c1)C(=O)NCC1CCCC(Cl)C1. The number of carbonyl (C=O) groups is 1. The van der Waals surface area contributed by atoms with Crippen LogP contribution in [-0.2, 0) is 4.79 Å². The van der Waals surface area contributed by atoms with Crippen LogP contribution in [0.25, 0.3) is 0 Å². The van der Waals surface area contributed by atoms with E-state index in [4.69, 9.17) is 27.9 Å². The summed E-state index contributed by atoms with van der Waals surface area (Å²) in [6, 6.07) is 7.05. The predicted octanol–water partition coefficient (Wildman–Crippen LogP) is 4.02. The molecule has 3 nitrogen and oxygen atoms in total. The van der Waals surface area contributed by atoms with Gasteiger partial charge in [-0.1, -0.05) is 24.1 Å². The zero-order chi connectivity index (χ0) is 15.2. The Morgan fingerprint density at radius 2 is 2.29 bits per heavy atom. The molecule has 1 fully saturated rings. The summed E-state index contributed by atoms with van der Waals surface area (Å²) in [4.78, 5) is 12.1. The van der Waals surface area contributed by atoms with Crippen molar-refractivity contribution in [3.05, 3.63) is 29.3 Å². The Kier molecular flexibility index (Phi) is 6.19. The standard InChI is InChI=1S/C16H21Cl2NO2/c1-11(21-15-7-3-6-14(18)9-15)16(20)19-10-12-4-2-5-13(17)8-12/h3,6-7,9,11-13H,2,4-5,8,10H2,1H3,(H,19,20). The predicted molar refractivity (Wildman–Crippen MR) is 86.2 cm³/mol. The molecule has 3 atom stereocenters. The van der Waals surface area contributed by atoms with E-state index < -0.39 is 6.10 Å². The van der Waals surface area contributed by atoms with E-state index in [1.807, 2.05) is 0 Å².